The molecule has 148 valence electrons. The number of allylic oxidation sites excluding steroid dienone is 1. The van der Waals surface area contributed by atoms with Crippen LogP contribution < -0.4 is 0 Å². The van der Waals surface area contributed by atoms with Crippen molar-refractivity contribution in [1.29, 1.82) is 0 Å². The van der Waals surface area contributed by atoms with Crippen molar-refractivity contribution in [2.75, 3.05) is 5.75 Å². The largest absolute Gasteiger partial charge is 0.457 e. The molecule has 1 fully saturated rings. The summed E-state index contributed by atoms with van der Waals surface area (Å²) in [5, 5.41) is 0.563. The molecule has 2 heterocycles. The number of thioether (sulfide) groups is 1. The molecule has 0 spiro atoms. The summed E-state index contributed by atoms with van der Waals surface area (Å²) in [6, 6.07) is 14.5. The van der Waals surface area contributed by atoms with Crippen molar-refractivity contribution in [2.45, 2.75) is 26.0 Å². The van der Waals surface area contributed by atoms with Gasteiger partial charge in [0.15, 0.2) is 5.17 Å². The number of halogens is 1. The lowest BCUT2D eigenvalue weighted by Crippen LogP contribution is -2.45. The summed E-state index contributed by atoms with van der Waals surface area (Å²) >= 11 is 1.47. The topological polar surface area (TPSA) is 59.0 Å². The monoisotopic (exact) mass is 410 g/mol. The summed E-state index contributed by atoms with van der Waals surface area (Å²) in [5.74, 6) is -0.387. The number of amidine groups is 1. The molecule has 0 aromatic heterocycles. The Morgan fingerprint density at radius 2 is 1.93 bits per heavy atom. The van der Waals surface area contributed by atoms with Crippen molar-refractivity contribution in [1.82, 2.24) is 4.90 Å². The molecule has 2 aliphatic rings. The van der Waals surface area contributed by atoms with E-state index in [9.17, 15) is 14.0 Å². The summed E-state index contributed by atoms with van der Waals surface area (Å²) in [4.78, 5) is 31.8. The minimum atomic E-state index is -0.688. The maximum absolute atomic E-state index is 13.5. The zero-order valence-electron chi connectivity index (χ0n) is 15.8. The third-order valence-electron chi connectivity index (χ3n) is 4.83. The van der Waals surface area contributed by atoms with Crippen LogP contribution in [0.15, 0.2) is 70.9 Å². The number of amides is 1. The zero-order valence-corrected chi connectivity index (χ0v) is 16.6. The smallest absolute Gasteiger partial charge is 0.338 e. The van der Waals surface area contributed by atoms with E-state index in [1.54, 1.807) is 19.1 Å². The van der Waals surface area contributed by atoms with E-state index in [1.165, 1.54) is 28.8 Å². The van der Waals surface area contributed by atoms with Crippen LogP contribution in [0.3, 0.4) is 0 Å². The number of carbonyl (C=O) groups excluding carboxylic acids is 2. The second-order valence-corrected chi connectivity index (χ2v) is 7.83. The maximum Gasteiger partial charge on any atom is 0.338 e. The molecule has 7 heteroatoms. The highest BCUT2D eigenvalue weighted by Crippen LogP contribution is 2.40. The van der Waals surface area contributed by atoms with Crippen LogP contribution in [0.5, 0.6) is 0 Å². The number of esters is 1. The van der Waals surface area contributed by atoms with Gasteiger partial charge >= 0.3 is 5.97 Å². The Morgan fingerprint density at radius 1 is 1.21 bits per heavy atom. The van der Waals surface area contributed by atoms with Crippen LogP contribution in [0.4, 0.5) is 4.39 Å². The van der Waals surface area contributed by atoms with Gasteiger partial charge in [-0.05, 0) is 30.2 Å². The van der Waals surface area contributed by atoms with Gasteiger partial charge in [0.2, 0.25) is 5.91 Å². The van der Waals surface area contributed by atoms with Gasteiger partial charge in [0.1, 0.15) is 12.4 Å². The van der Waals surface area contributed by atoms with Crippen molar-refractivity contribution >= 4 is 28.8 Å². The SMILES string of the molecule is CC1=C(C(=O)OCc2ccccc2)[C@H](c2ccc(F)cc2)N2C(=O)CCSC2=N1. The number of nitrogens with zero attached hydrogens (tertiary/aromatic N) is 2. The van der Waals surface area contributed by atoms with E-state index in [1.807, 2.05) is 30.3 Å². The number of aliphatic imine (C=N–C) groups is 1. The summed E-state index contributed by atoms with van der Waals surface area (Å²) in [6.45, 7) is 1.85. The van der Waals surface area contributed by atoms with Crippen molar-refractivity contribution in [2.24, 2.45) is 4.99 Å². The lowest BCUT2D eigenvalue weighted by Gasteiger charge is -2.38. The van der Waals surface area contributed by atoms with E-state index in [0.29, 0.717) is 34.2 Å². The number of benzene rings is 2. The van der Waals surface area contributed by atoms with Gasteiger partial charge in [0, 0.05) is 12.2 Å². The van der Waals surface area contributed by atoms with Gasteiger partial charge in [-0.2, -0.15) is 0 Å². The molecule has 1 atom stereocenters. The average molecular weight is 410 g/mol. The fourth-order valence-electron chi connectivity index (χ4n) is 3.42. The highest BCUT2D eigenvalue weighted by molar-refractivity contribution is 8.14. The highest BCUT2D eigenvalue weighted by atomic mass is 32.2. The van der Waals surface area contributed by atoms with Gasteiger partial charge in [-0.3, -0.25) is 9.69 Å². The molecule has 2 aliphatic heterocycles. The van der Waals surface area contributed by atoms with Crippen LogP contribution in [0.1, 0.15) is 30.5 Å². The minimum Gasteiger partial charge on any atom is -0.457 e. The average Bonchev–Trinajstić information content (AvgIpc) is 2.72. The van der Waals surface area contributed by atoms with E-state index in [-0.39, 0.29) is 18.3 Å². The van der Waals surface area contributed by atoms with Crippen LogP contribution >= 0.6 is 11.8 Å². The molecule has 29 heavy (non-hydrogen) atoms. The molecule has 0 aliphatic carbocycles. The molecule has 2 aromatic carbocycles. The van der Waals surface area contributed by atoms with Crippen molar-refractivity contribution in [3.63, 3.8) is 0 Å². The van der Waals surface area contributed by atoms with Gasteiger partial charge in [-0.15, -0.1) is 0 Å². The Kier molecular flexibility index (Phi) is 5.49. The number of hydrogen-bond acceptors (Lipinski definition) is 5. The normalized spacial score (nSPS) is 19.0. The molecule has 1 saturated heterocycles. The second kappa shape index (κ2) is 8.21. The molecule has 0 N–H and O–H groups in total. The van der Waals surface area contributed by atoms with Gasteiger partial charge in [0.05, 0.1) is 17.3 Å². The van der Waals surface area contributed by atoms with Crippen molar-refractivity contribution in [3.8, 4) is 0 Å². The molecule has 1 amide bonds. The van der Waals surface area contributed by atoms with Crippen molar-refractivity contribution in [3.05, 3.63) is 82.8 Å². The fourth-order valence-corrected chi connectivity index (χ4v) is 4.43. The van der Waals surface area contributed by atoms with E-state index in [4.69, 9.17) is 4.74 Å². The predicted octanol–water partition coefficient (Wildman–Crippen LogP) is 4.22. The van der Waals surface area contributed by atoms with Crippen LogP contribution in [-0.2, 0) is 20.9 Å². The number of carbonyl (C=O) groups is 2. The molecule has 0 saturated carbocycles. The van der Waals surface area contributed by atoms with Crippen LogP contribution in [0.2, 0.25) is 0 Å². The second-order valence-electron chi connectivity index (χ2n) is 6.77. The molecule has 5 nitrogen and oxygen atoms in total. The van der Waals surface area contributed by atoms with E-state index >= 15 is 0 Å². The predicted molar refractivity (Wildman–Crippen MR) is 109 cm³/mol. The Hall–Kier alpha value is -2.93. The van der Waals surface area contributed by atoms with Crippen LogP contribution in [0.25, 0.3) is 0 Å². The Bertz CT molecular complexity index is 1000. The Labute approximate surface area is 172 Å². The first-order valence-corrected chi connectivity index (χ1v) is 10.2. The van der Waals surface area contributed by atoms with Crippen LogP contribution in [-0.4, -0.2) is 27.7 Å². The number of ether oxygens (including phenoxy) is 1. The van der Waals surface area contributed by atoms with Gasteiger partial charge in [-0.25, -0.2) is 14.2 Å². The molecule has 0 unspecified atom stereocenters. The first-order chi connectivity index (χ1) is 14.0. The Balaban J connectivity index is 1.71. The summed E-state index contributed by atoms with van der Waals surface area (Å²) in [5.41, 5.74) is 2.31. The minimum absolute atomic E-state index is 0.113. The number of rotatable bonds is 4. The Morgan fingerprint density at radius 3 is 2.66 bits per heavy atom. The number of fused-ring (bicyclic) bond motifs is 1. The van der Waals surface area contributed by atoms with Gasteiger partial charge in [-0.1, -0.05) is 54.2 Å². The summed E-state index contributed by atoms with van der Waals surface area (Å²) in [7, 11) is 0. The lowest BCUT2D eigenvalue weighted by molar-refractivity contribution is -0.141. The third-order valence-corrected chi connectivity index (χ3v) is 5.78. The first kappa shape index (κ1) is 19.4. The molecular weight excluding hydrogens is 391 g/mol. The summed E-state index contributed by atoms with van der Waals surface area (Å²) in [6.07, 6.45) is 0.354. The maximum atomic E-state index is 13.5. The van der Waals surface area contributed by atoms with Crippen molar-refractivity contribution < 1.29 is 18.7 Å². The standard InChI is InChI=1S/C22H19FN2O3S/c1-14-19(21(27)28-13-15-5-3-2-4-6-15)20(16-7-9-17(23)10-8-16)25-18(26)11-12-29-22(25)24-14/h2-10,20H,11-13H2,1H3/t20-/m0/s1. The fraction of sp³-hybridized carbons (Fsp3) is 0.227. The quantitative estimate of drug-likeness (QED) is 0.708. The van der Waals surface area contributed by atoms with E-state index < -0.39 is 12.0 Å². The van der Waals surface area contributed by atoms with Gasteiger partial charge < -0.3 is 4.74 Å². The molecule has 2 aromatic rings. The first-order valence-electron chi connectivity index (χ1n) is 9.25. The molecular formula is C22H19FN2O3S. The zero-order chi connectivity index (χ0) is 20.4. The van der Waals surface area contributed by atoms with E-state index in [2.05, 4.69) is 4.99 Å². The van der Waals surface area contributed by atoms with Crippen LogP contribution in [0, 0.1) is 5.82 Å². The van der Waals surface area contributed by atoms with Gasteiger partial charge in [0.25, 0.3) is 0 Å². The number of hydrogen-bond donors (Lipinski definition) is 0. The summed E-state index contributed by atoms with van der Waals surface area (Å²) < 4.78 is 19.0. The van der Waals surface area contributed by atoms with E-state index in [0.717, 1.165) is 5.56 Å². The third kappa shape index (κ3) is 3.96. The lowest BCUT2D eigenvalue weighted by atomic mass is 9.94. The molecule has 4 rings (SSSR count). The highest BCUT2D eigenvalue weighted by Gasteiger charge is 2.41. The molecule has 0 bridgehead atoms. The molecule has 0 radical (unpaired) electrons.